The van der Waals surface area contributed by atoms with E-state index in [1.807, 2.05) is 25.7 Å². The van der Waals surface area contributed by atoms with Crippen LogP contribution in [0, 0.1) is 5.92 Å². The summed E-state index contributed by atoms with van der Waals surface area (Å²) in [5.41, 5.74) is 0. The molecule has 0 aromatic heterocycles. The molecule has 20 heavy (non-hydrogen) atoms. The predicted octanol–water partition coefficient (Wildman–Crippen LogP) is 2.72. The average molecular weight is 282 g/mol. The zero-order valence-corrected chi connectivity index (χ0v) is 13.4. The smallest absolute Gasteiger partial charge is 0.245 e. The van der Waals surface area contributed by atoms with Crippen molar-refractivity contribution in [1.82, 2.24) is 10.2 Å². The van der Waals surface area contributed by atoms with E-state index in [9.17, 15) is 9.59 Å². The van der Waals surface area contributed by atoms with Crippen LogP contribution in [0.3, 0.4) is 0 Å². The molecule has 0 saturated carbocycles. The first-order valence-electron chi connectivity index (χ1n) is 8.13. The highest BCUT2D eigenvalue weighted by atomic mass is 16.2. The van der Waals surface area contributed by atoms with Gasteiger partial charge < -0.3 is 10.2 Å². The van der Waals surface area contributed by atoms with Crippen LogP contribution in [0.15, 0.2) is 0 Å². The Bertz CT molecular complexity index is 328. The molecule has 1 heterocycles. The average Bonchev–Trinajstić information content (AvgIpc) is 2.41. The zero-order valence-electron chi connectivity index (χ0n) is 13.4. The number of hydrogen-bond donors (Lipinski definition) is 1. The summed E-state index contributed by atoms with van der Waals surface area (Å²) in [6.45, 7) is 8.87. The van der Waals surface area contributed by atoms with Crippen molar-refractivity contribution in [2.45, 2.75) is 78.3 Å². The fourth-order valence-corrected chi connectivity index (χ4v) is 2.87. The van der Waals surface area contributed by atoms with Gasteiger partial charge in [-0.25, -0.2) is 0 Å². The first kappa shape index (κ1) is 17.0. The van der Waals surface area contributed by atoms with Gasteiger partial charge in [-0.2, -0.15) is 0 Å². The van der Waals surface area contributed by atoms with Gasteiger partial charge in [0.05, 0.1) is 0 Å². The zero-order chi connectivity index (χ0) is 15.1. The first-order chi connectivity index (χ1) is 9.52. The van der Waals surface area contributed by atoms with Crippen molar-refractivity contribution in [3.05, 3.63) is 0 Å². The van der Waals surface area contributed by atoms with Crippen molar-refractivity contribution in [3.63, 3.8) is 0 Å². The molecule has 1 saturated heterocycles. The summed E-state index contributed by atoms with van der Waals surface area (Å²) in [4.78, 5) is 26.5. The molecule has 4 heteroatoms. The molecule has 0 aromatic carbocycles. The molecule has 1 aliphatic rings. The van der Waals surface area contributed by atoms with E-state index in [2.05, 4.69) is 12.2 Å². The molecular formula is C16H30N2O2. The van der Waals surface area contributed by atoms with Crippen LogP contribution in [0.1, 0.15) is 66.2 Å². The Morgan fingerprint density at radius 1 is 1.10 bits per heavy atom. The second kappa shape index (κ2) is 8.28. The number of unbranched alkanes of at least 4 members (excludes halogenated alkanes) is 4. The number of carbonyl (C=O) groups is 2. The Labute approximate surface area is 123 Å². The lowest BCUT2D eigenvalue weighted by Gasteiger charge is -2.40. The van der Waals surface area contributed by atoms with Gasteiger partial charge in [-0.3, -0.25) is 9.59 Å². The summed E-state index contributed by atoms with van der Waals surface area (Å²) in [6.07, 6.45) is 6.49. The summed E-state index contributed by atoms with van der Waals surface area (Å²) in [5.74, 6) is 0.272. The van der Waals surface area contributed by atoms with E-state index in [1.165, 1.54) is 19.3 Å². The molecule has 1 N–H and O–H groups in total. The van der Waals surface area contributed by atoms with Gasteiger partial charge in [0.15, 0.2) is 0 Å². The second-order valence-electron chi connectivity index (χ2n) is 6.10. The van der Waals surface area contributed by atoms with Gasteiger partial charge in [0.25, 0.3) is 0 Å². The number of carbonyl (C=O) groups excluding carboxylic acids is 2. The summed E-state index contributed by atoms with van der Waals surface area (Å²) >= 11 is 0. The van der Waals surface area contributed by atoms with Crippen LogP contribution in [-0.4, -0.2) is 35.3 Å². The van der Waals surface area contributed by atoms with Gasteiger partial charge in [-0.05, 0) is 18.8 Å². The molecule has 1 fully saturated rings. The molecule has 116 valence electrons. The van der Waals surface area contributed by atoms with Crippen LogP contribution in [0.25, 0.3) is 0 Å². The van der Waals surface area contributed by atoms with Crippen LogP contribution in [-0.2, 0) is 9.59 Å². The van der Waals surface area contributed by atoms with Gasteiger partial charge in [0.2, 0.25) is 11.8 Å². The third-order valence-corrected chi connectivity index (χ3v) is 4.04. The van der Waals surface area contributed by atoms with Crippen LogP contribution in [0.2, 0.25) is 0 Å². The lowest BCUT2D eigenvalue weighted by molar-refractivity contribution is -0.151. The molecule has 0 radical (unpaired) electrons. The molecule has 0 aromatic rings. The molecule has 2 atom stereocenters. The lowest BCUT2D eigenvalue weighted by Crippen LogP contribution is -2.64. The van der Waals surface area contributed by atoms with Crippen LogP contribution in [0.4, 0.5) is 0 Å². The van der Waals surface area contributed by atoms with Crippen molar-refractivity contribution in [3.8, 4) is 0 Å². The predicted molar refractivity (Wildman–Crippen MR) is 81.3 cm³/mol. The maximum atomic E-state index is 12.4. The summed E-state index contributed by atoms with van der Waals surface area (Å²) in [6, 6.07) is -0.621. The molecule has 1 rings (SSSR count). The number of rotatable bonds is 8. The largest absolute Gasteiger partial charge is 0.343 e. The van der Waals surface area contributed by atoms with Gasteiger partial charge in [0.1, 0.15) is 12.1 Å². The van der Waals surface area contributed by atoms with Crippen molar-refractivity contribution >= 4 is 11.8 Å². The number of hydrogen-bond acceptors (Lipinski definition) is 2. The minimum Gasteiger partial charge on any atom is -0.343 e. The van der Waals surface area contributed by atoms with Gasteiger partial charge in [0, 0.05) is 6.54 Å². The number of nitrogens with zero attached hydrogens (tertiary/aromatic N) is 1. The minimum absolute atomic E-state index is 0.0139. The SMILES string of the molecule is CCCCCCCN1C(=O)C(CC)NC(=O)C1C(C)C. The Morgan fingerprint density at radius 3 is 2.30 bits per heavy atom. The molecule has 1 aliphatic heterocycles. The number of amides is 2. The highest BCUT2D eigenvalue weighted by molar-refractivity contribution is 5.97. The fraction of sp³-hybridized carbons (Fsp3) is 0.875. The third kappa shape index (κ3) is 4.22. The number of nitrogens with one attached hydrogen (secondary N) is 1. The highest BCUT2D eigenvalue weighted by Gasteiger charge is 2.40. The fourth-order valence-electron chi connectivity index (χ4n) is 2.87. The molecular weight excluding hydrogens is 252 g/mol. The van der Waals surface area contributed by atoms with Crippen LogP contribution in [0.5, 0.6) is 0 Å². The quantitative estimate of drug-likeness (QED) is 0.696. The van der Waals surface area contributed by atoms with E-state index in [0.29, 0.717) is 6.42 Å². The topological polar surface area (TPSA) is 49.4 Å². The third-order valence-electron chi connectivity index (χ3n) is 4.04. The molecule has 4 nitrogen and oxygen atoms in total. The van der Waals surface area contributed by atoms with Crippen LogP contribution < -0.4 is 5.32 Å². The first-order valence-corrected chi connectivity index (χ1v) is 8.13. The lowest BCUT2D eigenvalue weighted by atomic mass is 9.95. The van der Waals surface area contributed by atoms with Crippen molar-refractivity contribution < 1.29 is 9.59 Å². The minimum atomic E-state index is -0.326. The maximum absolute atomic E-state index is 12.4. The Balaban J connectivity index is 2.63. The normalized spacial score (nSPS) is 23.4. The van der Waals surface area contributed by atoms with Crippen LogP contribution >= 0.6 is 0 Å². The van der Waals surface area contributed by atoms with E-state index in [-0.39, 0.29) is 29.8 Å². The van der Waals surface area contributed by atoms with E-state index in [4.69, 9.17) is 0 Å². The maximum Gasteiger partial charge on any atom is 0.245 e. The van der Waals surface area contributed by atoms with Crippen molar-refractivity contribution in [2.75, 3.05) is 6.54 Å². The van der Waals surface area contributed by atoms with Crippen molar-refractivity contribution in [1.29, 1.82) is 0 Å². The Kier molecular flexibility index (Phi) is 7.03. The summed E-state index contributed by atoms with van der Waals surface area (Å²) in [7, 11) is 0. The summed E-state index contributed by atoms with van der Waals surface area (Å²) < 4.78 is 0. The molecule has 2 amide bonds. The molecule has 0 spiro atoms. The van der Waals surface area contributed by atoms with E-state index < -0.39 is 0 Å². The summed E-state index contributed by atoms with van der Waals surface area (Å²) in [5, 5.41) is 2.86. The van der Waals surface area contributed by atoms with Gasteiger partial charge >= 0.3 is 0 Å². The van der Waals surface area contributed by atoms with Gasteiger partial charge in [-0.15, -0.1) is 0 Å². The number of piperazine rings is 1. The standard InChI is InChI=1S/C16H30N2O2/c1-5-7-8-9-10-11-18-14(12(3)4)15(19)17-13(6-2)16(18)20/h12-14H,5-11H2,1-4H3,(H,17,19). The molecule has 2 unspecified atom stereocenters. The van der Waals surface area contributed by atoms with Crippen molar-refractivity contribution in [2.24, 2.45) is 5.92 Å². The molecule has 0 bridgehead atoms. The monoisotopic (exact) mass is 282 g/mol. The van der Waals surface area contributed by atoms with E-state index in [0.717, 1.165) is 19.4 Å². The Morgan fingerprint density at radius 2 is 1.75 bits per heavy atom. The van der Waals surface area contributed by atoms with E-state index >= 15 is 0 Å². The van der Waals surface area contributed by atoms with Gasteiger partial charge in [-0.1, -0.05) is 53.4 Å². The Hall–Kier alpha value is -1.06. The molecule has 0 aliphatic carbocycles. The second-order valence-corrected chi connectivity index (χ2v) is 6.10. The highest BCUT2D eigenvalue weighted by Crippen LogP contribution is 2.19. The van der Waals surface area contributed by atoms with E-state index in [1.54, 1.807) is 0 Å².